The Labute approximate surface area is 129 Å². The molecule has 0 spiro atoms. The zero-order chi connectivity index (χ0) is 13.9. The number of rotatable bonds is 3. The zero-order valence-corrected chi connectivity index (χ0v) is 13.0. The molecule has 2 nitrogen and oxygen atoms in total. The summed E-state index contributed by atoms with van der Waals surface area (Å²) >= 11 is 5.06. The van der Waals surface area contributed by atoms with Crippen molar-refractivity contribution >= 4 is 27.3 Å². The number of para-hydroxylation sites is 1. The van der Waals surface area contributed by atoms with Gasteiger partial charge in [-0.25, -0.2) is 4.98 Å². The van der Waals surface area contributed by atoms with E-state index in [0.717, 1.165) is 26.2 Å². The van der Waals surface area contributed by atoms with E-state index < -0.39 is 0 Å². The number of benzene rings is 2. The molecule has 4 heteroatoms. The number of phenols is 1. The summed E-state index contributed by atoms with van der Waals surface area (Å²) in [6.07, 6.45) is 0.697. The normalized spacial score (nSPS) is 10.7. The second-order valence-electron chi connectivity index (χ2n) is 4.44. The molecule has 100 valence electrons. The molecule has 0 unspecified atom stereocenters. The van der Waals surface area contributed by atoms with Crippen LogP contribution in [0.15, 0.2) is 58.5 Å². The van der Waals surface area contributed by atoms with Crippen molar-refractivity contribution in [2.45, 2.75) is 6.42 Å². The van der Waals surface area contributed by atoms with Crippen molar-refractivity contribution in [2.75, 3.05) is 0 Å². The number of phenolic OH excluding ortho intramolecular Hbond substituents is 1. The van der Waals surface area contributed by atoms with Gasteiger partial charge in [0.05, 0.1) is 11.2 Å². The highest BCUT2D eigenvalue weighted by Crippen LogP contribution is 2.30. The van der Waals surface area contributed by atoms with E-state index >= 15 is 0 Å². The first-order valence-corrected chi connectivity index (χ1v) is 7.86. The van der Waals surface area contributed by atoms with E-state index in [0.29, 0.717) is 12.2 Å². The van der Waals surface area contributed by atoms with Gasteiger partial charge in [0.1, 0.15) is 5.75 Å². The summed E-state index contributed by atoms with van der Waals surface area (Å²) in [5, 5.41) is 9.89. The Morgan fingerprint density at radius 2 is 1.80 bits per heavy atom. The van der Waals surface area contributed by atoms with Crippen LogP contribution >= 0.6 is 27.3 Å². The van der Waals surface area contributed by atoms with Crippen molar-refractivity contribution < 1.29 is 5.11 Å². The van der Waals surface area contributed by atoms with Gasteiger partial charge in [-0.3, -0.25) is 0 Å². The van der Waals surface area contributed by atoms with Crippen LogP contribution in [0.5, 0.6) is 5.75 Å². The first-order valence-electron chi connectivity index (χ1n) is 6.19. The maximum atomic E-state index is 9.89. The van der Waals surface area contributed by atoms with Crippen LogP contribution in [0.25, 0.3) is 11.3 Å². The number of aromatic hydroxyl groups is 1. The molecule has 3 rings (SSSR count). The molecule has 0 fully saturated rings. The standard InChI is InChI=1S/C16H12BrNOS/c17-13-7-5-11(6-8-13)16-15(20-10-18-16)9-12-3-1-2-4-14(12)19/h1-8,10,19H,9H2. The zero-order valence-electron chi connectivity index (χ0n) is 10.6. The van der Waals surface area contributed by atoms with Gasteiger partial charge < -0.3 is 5.11 Å². The molecule has 0 saturated carbocycles. The Balaban J connectivity index is 1.95. The van der Waals surface area contributed by atoms with Crippen LogP contribution < -0.4 is 0 Å². The van der Waals surface area contributed by atoms with Gasteiger partial charge in [-0.1, -0.05) is 46.3 Å². The van der Waals surface area contributed by atoms with Crippen LogP contribution in [0.3, 0.4) is 0 Å². The predicted octanol–water partition coefficient (Wildman–Crippen LogP) is 4.87. The summed E-state index contributed by atoms with van der Waals surface area (Å²) in [4.78, 5) is 5.62. The topological polar surface area (TPSA) is 33.1 Å². The molecular formula is C16H12BrNOS. The van der Waals surface area contributed by atoms with E-state index in [2.05, 4.69) is 20.9 Å². The monoisotopic (exact) mass is 345 g/mol. The van der Waals surface area contributed by atoms with Gasteiger partial charge in [0.15, 0.2) is 0 Å². The Morgan fingerprint density at radius 1 is 1.05 bits per heavy atom. The van der Waals surface area contributed by atoms with E-state index in [1.807, 2.05) is 48.0 Å². The largest absolute Gasteiger partial charge is 0.508 e. The van der Waals surface area contributed by atoms with Crippen molar-refractivity contribution in [2.24, 2.45) is 0 Å². The first kappa shape index (κ1) is 13.3. The molecule has 0 atom stereocenters. The van der Waals surface area contributed by atoms with Crippen molar-refractivity contribution in [1.82, 2.24) is 4.98 Å². The van der Waals surface area contributed by atoms with Crippen LogP contribution in [0.4, 0.5) is 0 Å². The fraction of sp³-hybridized carbons (Fsp3) is 0.0625. The molecule has 1 heterocycles. The van der Waals surface area contributed by atoms with Gasteiger partial charge in [-0.05, 0) is 23.8 Å². The highest BCUT2D eigenvalue weighted by Gasteiger charge is 2.11. The number of hydrogen-bond donors (Lipinski definition) is 1. The molecule has 1 aromatic heterocycles. The van der Waals surface area contributed by atoms with Gasteiger partial charge in [0.2, 0.25) is 0 Å². The van der Waals surface area contributed by atoms with Gasteiger partial charge >= 0.3 is 0 Å². The molecule has 0 amide bonds. The van der Waals surface area contributed by atoms with E-state index in [-0.39, 0.29) is 0 Å². The summed E-state index contributed by atoms with van der Waals surface area (Å²) < 4.78 is 1.05. The Kier molecular flexibility index (Phi) is 3.85. The Bertz CT molecular complexity index is 721. The number of thiazole rings is 1. The van der Waals surface area contributed by atoms with Crippen molar-refractivity contribution in [3.63, 3.8) is 0 Å². The average molecular weight is 346 g/mol. The van der Waals surface area contributed by atoms with Crippen molar-refractivity contribution in [3.05, 3.63) is 69.0 Å². The summed E-state index contributed by atoms with van der Waals surface area (Å²) in [5.74, 6) is 0.336. The lowest BCUT2D eigenvalue weighted by atomic mass is 10.1. The molecule has 0 aliphatic heterocycles. The van der Waals surface area contributed by atoms with Gasteiger partial charge in [0, 0.05) is 21.3 Å². The lowest BCUT2D eigenvalue weighted by Gasteiger charge is -2.05. The highest BCUT2D eigenvalue weighted by molar-refractivity contribution is 9.10. The second kappa shape index (κ2) is 5.77. The molecule has 0 aliphatic rings. The van der Waals surface area contributed by atoms with E-state index in [1.165, 1.54) is 0 Å². The summed E-state index contributed by atoms with van der Waals surface area (Å²) in [6.45, 7) is 0. The maximum Gasteiger partial charge on any atom is 0.119 e. The van der Waals surface area contributed by atoms with Gasteiger partial charge in [-0.15, -0.1) is 11.3 Å². The Hall–Kier alpha value is -1.65. The summed E-state index contributed by atoms with van der Waals surface area (Å²) in [7, 11) is 0. The van der Waals surface area contributed by atoms with E-state index in [1.54, 1.807) is 17.4 Å². The molecule has 0 saturated heterocycles. The fourth-order valence-corrected chi connectivity index (χ4v) is 3.14. The molecule has 0 bridgehead atoms. The lowest BCUT2D eigenvalue weighted by molar-refractivity contribution is 0.469. The highest BCUT2D eigenvalue weighted by atomic mass is 79.9. The lowest BCUT2D eigenvalue weighted by Crippen LogP contribution is -1.89. The second-order valence-corrected chi connectivity index (χ2v) is 6.29. The smallest absolute Gasteiger partial charge is 0.119 e. The first-order chi connectivity index (χ1) is 9.74. The van der Waals surface area contributed by atoms with Crippen LogP contribution in [-0.2, 0) is 6.42 Å². The van der Waals surface area contributed by atoms with Crippen molar-refractivity contribution in [3.8, 4) is 17.0 Å². The van der Waals surface area contributed by atoms with Crippen LogP contribution in [0.1, 0.15) is 10.4 Å². The molecule has 2 aromatic carbocycles. The summed E-state index contributed by atoms with van der Waals surface area (Å²) in [5.41, 5.74) is 4.87. The SMILES string of the molecule is Oc1ccccc1Cc1scnc1-c1ccc(Br)cc1. The number of aromatic nitrogens is 1. The minimum absolute atomic E-state index is 0.336. The number of halogens is 1. The maximum absolute atomic E-state index is 9.89. The van der Waals surface area contributed by atoms with Crippen LogP contribution in [-0.4, -0.2) is 10.1 Å². The molecule has 20 heavy (non-hydrogen) atoms. The van der Waals surface area contributed by atoms with Gasteiger partial charge in [-0.2, -0.15) is 0 Å². The van der Waals surface area contributed by atoms with Crippen molar-refractivity contribution in [1.29, 1.82) is 0 Å². The Morgan fingerprint density at radius 3 is 2.55 bits per heavy atom. The predicted molar refractivity (Wildman–Crippen MR) is 86.2 cm³/mol. The third-order valence-corrected chi connectivity index (χ3v) is 4.46. The molecular weight excluding hydrogens is 334 g/mol. The third-order valence-electron chi connectivity index (χ3n) is 3.10. The third kappa shape index (κ3) is 2.76. The molecule has 3 aromatic rings. The summed E-state index contributed by atoms with van der Waals surface area (Å²) in [6, 6.07) is 15.6. The fourth-order valence-electron chi connectivity index (χ4n) is 2.07. The van der Waals surface area contributed by atoms with Crippen LogP contribution in [0, 0.1) is 0 Å². The molecule has 0 radical (unpaired) electrons. The molecule has 0 aliphatic carbocycles. The average Bonchev–Trinajstić information content (AvgIpc) is 2.90. The molecule has 1 N–H and O–H groups in total. The quantitative estimate of drug-likeness (QED) is 0.734. The van der Waals surface area contributed by atoms with E-state index in [9.17, 15) is 5.11 Å². The minimum atomic E-state index is 0.336. The number of hydrogen-bond acceptors (Lipinski definition) is 3. The number of nitrogens with zero attached hydrogens (tertiary/aromatic N) is 1. The van der Waals surface area contributed by atoms with Crippen LogP contribution in [0.2, 0.25) is 0 Å². The minimum Gasteiger partial charge on any atom is -0.508 e. The van der Waals surface area contributed by atoms with Gasteiger partial charge in [0.25, 0.3) is 0 Å². The van der Waals surface area contributed by atoms with E-state index in [4.69, 9.17) is 0 Å².